The number of anilines is 1. The van der Waals surface area contributed by atoms with Crippen LogP contribution in [0.1, 0.15) is 22.3 Å². The Morgan fingerprint density at radius 3 is 2.33 bits per heavy atom. The Morgan fingerprint density at radius 2 is 1.75 bits per heavy atom. The van der Waals surface area contributed by atoms with Crippen molar-refractivity contribution >= 4 is 33.3 Å². The number of benzene rings is 2. The maximum absolute atomic E-state index is 12.2. The van der Waals surface area contributed by atoms with Crippen LogP contribution in [0.25, 0.3) is 11.6 Å². The van der Waals surface area contributed by atoms with Crippen molar-refractivity contribution in [2.45, 2.75) is 18.7 Å². The third-order valence-corrected chi connectivity index (χ3v) is 4.84. The van der Waals surface area contributed by atoms with Crippen LogP contribution in [0.3, 0.4) is 0 Å². The molecule has 3 rings (SSSR count). The van der Waals surface area contributed by atoms with Crippen molar-refractivity contribution in [1.82, 2.24) is 0 Å². The number of hydrogen-bond acceptors (Lipinski definition) is 4. The molecule has 4 N–H and O–H groups in total. The van der Waals surface area contributed by atoms with Crippen LogP contribution in [0, 0.1) is 13.8 Å². The highest BCUT2D eigenvalue weighted by atomic mass is 32.2. The first kappa shape index (κ1) is 16.2. The molecular weight excluding hydrogens is 328 g/mol. The Kier molecular flexibility index (Phi) is 3.70. The van der Waals surface area contributed by atoms with Gasteiger partial charge in [-0.1, -0.05) is 0 Å². The first-order valence-electron chi connectivity index (χ1n) is 7.17. The van der Waals surface area contributed by atoms with Gasteiger partial charge in [0.05, 0.1) is 4.90 Å². The number of phenolic OH excluding ortho intramolecular Hbond substituents is 1. The monoisotopic (exact) mass is 344 g/mol. The smallest absolute Gasteiger partial charge is 0.256 e. The van der Waals surface area contributed by atoms with Crippen LogP contribution in [-0.2, 0) is 14.8 Å². The quantitative estimate of drug-likeness (QED) is 0.725. The van der Waals surface area contributed by atoms with E-state index in [1.165, 1.54) is 18.2 Å². The summed E-state index contributed by atoms with van der Waals surface area (Å²) < 4.78 is 23.1. The normalized spacial score (nSPS) is 15.5. The fraction of sp³-hybridized carbons (Fsp3) is 0.118. The summed E-state index contributed by atoms with van der Waals surface area (Å²) in [5.41, 5.74) is 3.49. The number of carbonyl (C=O) groups is 1. The molecule has 0 aromatic heterocycles. The lowest BCUT2D eigenvalue weighted by Gasteiger charge is -2.06. The molecule has 0 aliphatic carbocycles. The second-order valence-electron chi connectivity index (χ2n) is 5.77. The van der Waals surface area contributed by atoms with Gasteiger partial charge < -0.3 is 10.4 Å². The van der Waals surface area contributed by atoms with Crippen LogP contribution >= 0.6 is 0 Å². The number of sulfonamides is 1. The molecule has 1 aliphatic heterocycles. The predicted octanol–water partition coefficient (Wildman–Crippen LogP) is 2.15. The van der Waals surface area contributed by atoms with Gasteiger partial charge in [0.25, 0.3) is 5.91 Å². The van der Waals surface area contributed by atoms with Crippen LogP contribution in [0.15, 0.2) is 35.2 Å². The molecule has 0 saturated heterocycles. The molecule has 0 spiro atoms. The SMILES string of the molecule is Cc1cc(/C=C2/C(=O)Nc3ccc(S(N)(=O)=O)cc32)cc(C)c1O. The van der Waals surface area contributed by atoms with Gasteiger partial charge in [0.2, 0.25) is 10.0 Å². The Bertz CT molecular complexity index is 984. The number of nitrogens with two attached hydrogens (primary N) is 1. The molecule has 124 valence electrons. The van der Waals surface area contributed by atoms with Crippen molar-refractivity contribution < 1.29 is 18.3 Å². The van der Waals surface area contributed by atoms with E-state index in [1.54, 1.807) is 32.1 Å². The van der Waals surface area contributed by atoms with Crippen LogP contribution in [0.5, 0.6) is 5.75 Å². The number of amides is 1. The van der Waals surface area contributed by atoms with Gasteiger partial charge in [-0.3, -0.25) is 4.79 Å². The van der Waals surface area contributed by atoms with E-state index in [9.17, 15) is 18.3 Å². The number of primary sulfonamides is 1. The van der Waals surface area contributed by atoms with Crippen LogP contribution in [0.4, 0.5) is 5.69 Å². The molecule has 0 unspecified atom stereocenters. The van der Waals surface area contributed by atoms with Gasteiger partial charge in [0.15, 0.2) is 0 Å². The lowest BCUT2D eigenvalue weighted by Crippen LogP contribution is -2.12. The van der Waals surface area contributed by atoms with Gasteiger partial charge in [-0.25, -0.2) is 13.6 Å². The molecule has 1 amide bonds. The molecule has 7 heteroatoms. The van der Waals surface area contributed by atoms with E-state index in [2.05, 4.69) is 5.32 Å². The summed E-state index contributed by atoms with van der Waals surface area (Å²) in [5.74, 6) is -0.107. The first-order chi connectivity index (χ1) is 11.2. The summed E-state index contributed by atoms with van der Waals surface area (Å²) in [5, 5.41) is 17.7. The van der Waals surface area contributed by atoms with Gasteiger partial charge in [-0.2, -0.15) is 0 Å². The number of carbonyl (C=O) groups excluding carboxylic acids is 1. The molecule has 0 bridgehead atoms. The van der Waals surface area contributed by atoms with Crippen molar-refractivity contribution in [3.63, 3.8) is 0 Å². The third kappa shape index (κ3) is 2.79. The summed E-state index contributed by atoms with van der Waals surface area (Å²) in [7, 11) is -3.86. The Labute approximate surface area is 139 Å². The Morgan fingerprint density at radius 1 is 1.12 bits per heavy atom. The summed E-state index contributed by atoms with van der Waals surface area (Å²) >= 11 is 0. The van der Waals surface area contributed by atoms with E-state index in [0.717, 1.165) is 5.56 Å². The van der Waals surface area contributed by atoms with Gasteiger partial charge in [-0.05, 0) is 66.9 Å². The molecule has 24 heavy (non-hydrogen) atoms. The molecule has 0 fully saturated rings. The topological polar surface area (TPSA) is 109 Å². The number of aryl methyl sites for hydroxylation is 2. The molecular formula is C17H16N2O4S. The van der Waals surface area contributed by atoms with E-state index >= 15 is 0 Å². The second kappa shape index (κ2) is 5.47. The fourth-order valence-corrected chi connectivity index (χ4v) is 3.27. The Balaban J connectivity index is 2.16. The number of hydrogen-bond donors (Lipinski definition) is 3. The van der Waals surface area contributed by atoms with Gasteiger partial charge in [0.1, 0.15) is 5.75 Å². The molecule has 2 aromatic carbocycles. The zero-order valence-electron chi connectivity index (χ0n) is 13.1. The van der Waals surface area contributed by atoms with Gasteiger partial charge in [-0.15, -0.1) is 0 Å². The number of nitrogens with one attached hydrogen (secondary N) is 1. The second-order valence-corrected chi connectivity index (χ2v) is 7.33. The van der Waals surface area contributed by atoms with E-state index in [-0.39, 0.29) is 16.6 Å². The molecule has 2 aromatic rings. The standard InChI is InChI=1S/C17H16N2O4S/c1-9-5-11(6-10(2)16(9)20)7-14-13-8-12(24(18,22)23)3-4-15(13)19-17(14)21/h3-8,20H,1-2H3,(H,19,21)(H2,18,22,23)/b14-7+. The first-order valence-corrected chi connectivity index (χ1v) is 8.72. The molecule has 1 aliphatic rings. The minimum absolute atomic E-state index is 0.0540. The number of rotatable bonds is 2. The summed E-state index contributed by atoms with van der Waals surface area (Å²) in [6.45, 7) is 3.54. The summed E-state index contributed by atoms with van der Waals surface area (Å²) in [6.07, 6.45) is 1.66. The average molecular weight is 344 g/mol. The van der Waals surface area contributed by atoms with Crippen LogP contribution in [0.2, 0.25) is 0 Å². The largest absolute Gasteiger partial charge is 0.507 e. The zero-order chi connectivity index (χ0) is 17.6. The van der Waals surface area contributed by atoms with E-state index in [1.807, 2.05) is 0 Å². The van der Waals surface area contributed by atoms with Crippen molar-refractivity contribution in [3.8, 4) is 5.75 Å². The van der Waals surface area contributed by atoms with Crippen LogP contribution < -0.4 is 10.5 Å². The molecule has 1 heterocycles. The minimum atomic E-state index is -3.86. The highest BCUT2D eigenvalue weighted by molar-refractivity contribution is 7.89. The minimum Gasteiger partial charge on any atom is -0.507 e. The zero-order valence-corrected chi connectivity index (χ0v) is 13.9. The van der Waals surface area contributed by atoms with Crippen LogP contribution in [-0.4, -0.2) is 19.4 Å². The van der Waals surface area contributed by atoms with Crippen molar-refractivity contribution in [2.75, 3.05) is 5.32 Å². The van der Waals surface area contributed by atoms with Gasteiger partial charge >= 0.3 is 0 Å². The highest BCUT2D eigenvalue weighted by Crippen LogP contribution is 2.35. The maximum atomic E-state index is 12.2. The number of aromatic hydroxyl groups is 1. The van der Waals surface area contributed by atoms with E-state index in [4.69, 9.17) is 5.14 Å². The van der Waals surface area contributed by atoms with Crippen molar-refractivity contribution in [2.24, 2.45) is 5.14 Å². The van der Waals surface area contributed by atoms with Crippen molar-refractivity contribution in [3.05, 3.63) is 52.6 Å². The Hall–Kier alpha value is -2.64. The van der Waals surface area contributed by atoms with E-state index < -0.39 is 10.0 Å². The highest BCUT2D eigenvalue weighted by Gasteiger charge is 2.26. The molecule has 0 radical (unpaired) electrons. The van der Waals surface area contributed by atoms with Crippen molar-refractivity contribution in [1.29, 1.82) is 0 Å². The molecule has 0 atom stereocenters. The van der Waals surface area contributed by atoms with E-state index in [0.29, 0.717) is 28.0 Å². The number of phenols is 1. The molecule has 0 saturated carbocycles. The average Bonchev–Trinajstić information content (AvgIpc) is 2.79. The summed E-state index contributed by atoms with van der Waals surface area (Å²) in [4.78, 5) is 12.2. The maximum Gasteiger partial charge on any atom is 0.256 e. The molecule has 6 nitrogen and oxygen atoms in total. The summed E-state index contributed by atoms with van der Waals surface area (Å²) in [6, 6.07) is 7.76. The third-order valence-electron chi connectivity index (χ3n) is 3.93. The lowest BCUT2D eigenvalue weighted by molar-refractivity contribution is -0.110. The van der Waals surface area contributed by atoms with Gasteiger partial charge in [0, 0.05) is 16.8 Å². The number of fused-ring (bicyclic) bond motifs is 1. The predicted molar refractivity (Wildman–Crippen MR) is 91.9 cm³/mol. The fourth-order valence-electron chi connectivity index (χ4n) is 2.73. The lowest BCUT2D eigenvalue weighted by atomic mass is 10.0.